The zero-order valence-corrected chi connectivity index (χ0v) is 23.0. The van der Waals surface area contributed by atoms with Crippen LogP contribution in [-0.4, -0.2) is 33.8 Å². The Bertz CT molecular complexity index is 1210. The Morgan fingerprint density at radius 3 is 2.51 bits per heavy atom. The quantitative estimate of drug-likeness (QED) is 0.224. The first-order chi connectivity index (χ1) is 17.8. The maximum Gasteiger partial charge on any atom is 0.276 e. The third kappa shape index (κ3) is 7.54. The lowest BCUT2D eigenvalue weighted by molar-refractivity contribution is -0.245. The van der Waals surface area contributed by atoms with Gasteiger partial charge in [-0.25, -0.2) is 0 Å². The molecule has 10 heteroatoms. The Kier molecular flexibility index (Phi) is 9.64. The second kappa shape index (κ2) is 12.7. The van der Waals surface area contributed by atoms with E-state index < -0.39 is 16.0 Å². The fourth-order valence-corrected chi connectivity index (χ4v) is 5.10. The molecule has 1 saturated heterocycles. The summed E-state index contributed by atoms with van der Waals surface area (Å²) in [6.45, 7) is -0.0254. The van der Waals surface area contributed by atoms with Gasteiger partial charge in [-0.3, -0.25) is 4.79 Å². The van der Waals surface area contributed by atoms with E-state index in [1.807, 2.05) is 54.6 Å². The number of thioether (sulfide) groups is 1. The Balaban J connectivity index is 1.56. The van der Waals surface area contributed by atoms with E-state index in [1.54, 1.807) is 37.1 Å². The molecule has 37 heavy (non-hydrogen) atoms. The summed E-state index contributed by atoms with van der Waals surface area (Å²) in [4.78, 5) is 13.2. The number of anilines is 1. The van der Waals surface area contributed by atoms with E-state index in [4.69, 9.17) is 49.0 Å². The predicted molar refractivity (Wildman–Crippen MR) is 148 cm³/mol. The van der Waals surface area contributed by atoms with Crippen LogP contribution in [0.1, 0.15) is 35.5 Å². The van der Waals surface area contributed by atoms with Crippen molar-refractivity contribution in [2.45, 2.75) is 40.2 Å². The molecule has 6 nitrogen and oxygen atoms in total. The van der Waals surface area contributed by atoms with Crippen LogP contribution in [0.4, 0.5) is 5.69 Å². The summed E-state index contributed by atoms with van der Waals surface area (Å²) < 4.78 is 16.2. The van der Waals surface area contributed by atoms with Crippen LogP contribution in [-0.2, 0) is 20.9 Å². The topological polar surface area (TPSA) is 77.0 Å². The van der Waals surface area contributed by atoms with Crippen molar-refractivity contribution in [3.63, 3.8) is 0 Å². The van der Waals surface area contributed by atoms with Gasteiger partial charge in [0, 0.05) is 28.3 Å². The standard InChI is InChI=1S/C27H26Cl3NO5S/c1-34-22-7-2-3-8-24(22)37-16-21-14-23(18-11-9-17(15-32)10-12-18)36-25(35-21)19-5-4-6-20(13-19)31-26(33)27(28,29)30/h2-13,21,23,25,32H,14-16H2,1H3,(H,31,33)/t21-,23+,25+/m1/s1. The highest BCUT2D eigenvalue weighted by Gasteiger charge is 2.33. The Morgan fingerprint density at radius 2 is 1.81 bits per heavy atom. The molecular weight excluding hydrogens is 557 g/mol. The lowest BCUT2D eigenvalue weighted by Gasteiger charge is -2.36. The van der Waals surface area contributed by atoms with Crippen molar-refractivity contribution in [2.24, 2.45) is 0 Å². The van der Waals surface area contributed by atoms with Gasteiger partial charge < -0.3 is 24.6 Å². The number of alkyl halides is 3. The second-order valence-corrected chi connectivity index (χ2v) is 11.7. The monoisotopic (exact) mass is 581 g/mol. The van der Waals surface area contributed by atoms with Crippen molar-refractivity contribution in [1.29, 1.82) is 0 Å². The van der Waals surface area contributed by atoms with Gasteiger partial charge in [0.1, 0.15) is 5.75 Å². The number of hydrogen-bond acceptors (Lipinski definition) is 6. The molecule has 1 aliphatic heterocycles. The molecule has 0 aromatic heterocycles. The average molecular weight is 583 g/mol. The van der Waals surface area contributed by atoms with Crippen molar-refractivity contribution in [2.75, 3.05) is 18.2 Å². The predicted octanol–water partition coefficient (Wildman–Crippen LogP) is 6.83. The molecule has 1 fully saturated rings. The number of methoxy groups -OCH3 is 1. The number of nitrogens with one attached hydrogen (secondary N) is 1. The number of carbonyl (C=O) groups is 1. The Hall–Kier alpha value is -1.97. The van der Waals surface area contributed by atoms with Gasteiger partial charge >= 0.3 is 0 Å². The summed E-state index contributed by atoms with van der Waals surface area (Å²) in [5.41, 5.74) is 2.98. The molecular formula is C27H26Cl3NO5S. The van der Waals surface area contributed by atoms with Gasteiger partial charge in [-0.15, -0.1) is 11.8 Å². The zero-order valence-electron chi connectivity index (χ0n) is 19.9. The Labute approximate surface area is 235 Å². The third-order valence-electron chi connectivity index (χ3n) is 5.78. The van der Waals surface area contributed by atoms with Crippen LogP contribution in [0.3, 0.4) is 0 Å². The lowest BCUT2D eigenvalue weighted by Crippen LogP contribution is -2.31. The zero-order chi connectivity index (χ0) is 26.4. The van der Waals surface area contributed by atoms with Crippen LogP contribution in [0.15, 0.2) is 77.7 Å². The summed E-state index contributed by atoms with van der Waals surface area (Å²) >= 11 is 18.8. The highest BCUT2D eigenvalue weighted by molar-refractivity contribution is 7.99. The molecule has 0 spiro atoms. The number of aliphatic hydroxyl groups excluding tert-OH is 1. The summed E-state index contributed by atoms with van der Waals surface area (Å²) in [7, 11) is 1.65. The summed E-state index contributed by atoms with van der Waals surface area (Å²) in [5, 5.41) is 12.0. The molecule has 196 valence electrons. The van der Waals surface area contributed by atoms with Crippen molar-refractivity contribution in [1.82, 2.24) is 0 Å². The molecule has 0 unspecified atom stereocenters. The summed E-state index contributed by atoms with van der Waals surface area (Å²) in [6.07, 6.45) is -0.435. The van der Waals surface area contributed by atoms with Gasteiger partial charge in [0.25, 0.3) is 9.70 Å². The minimum Gasteiger partial charge on any atom is -0.496 e. The minimum absolute atomic E-state index is 0.0254. The molecule has 3 aromatic rings. The van der Waals surface area contributed by atoms with Crippen LogP contribution >= 0.6 is 46.6 Å². The van der Waals surface area contributed by atoms with E-state index in [9.17, 15) is 9.90 Å². The highest BCUT2D eigenvalue weighted by Crippen LogP contribution is 2.41. The number of benzene rings is 3. The van der Waals surface area contributed by atoms with Gasteiger partial charge in [-0.2, -0.15) is 0 Å². The van der Waals surface area contributed by atoms with E-state index in [0.717, 1.165) is 21.8 Å². The Morgan fingerprint density at radius 1 is 1.05 bits per heavy atom. The van der Waals surface area contributed by atoms with E-state index in [0.29, 0.717) is 23.4 Å². The van der Waals surface area contributed by atoms with Crippen LogP contribution in [0.2, 0.25) is 0 Å². The molecule has 0 bridgehead atoms. The van der Waals surface area contributed by atoms with Crippen molar-refractivity contribution < 1.29 is 24.1 Å². The van der Waals surface area contributed by atoms with Crippen molar-refractivity contribution >= 4 is 58.2 Å². The van der Waals surface area contributed by atoms with Crippen LogP contribution in [0, 0.1) is 0 Å². The van der Waals surface area contributed by atoms with Gasteiger partial charge in [0.05, 0.1) is 25.9 Å². The van der Waals surface area contributed by atoms with Crippen LogP contribution < -0.4 is 10.1 Å². The molecule has 3 aromatic carbocycles. The number of rotatable bonds is 8. The number of amides is 1. The van der Waals surface area contributed by atoms with Gasteiger partial charge in [0.2, 0.25) is 0 Å². The molecule has 1 aliphatic rings. The van der Waals surface area contributed by atoms with Crippen molar-refractivity contribution in [3.05, 3.63) is 89.5 Å². The number of ether oxygens (including phenoxy) is 3. The first kappa shape index (κ1) is 28.0. The normalized spacial score (nSPS) is 19.9. The third-order valence-corrected chi connectivity index (χ3v) is 7.48. The van der Waals surface area contributed by atoms with Crippen molar-refractivity contribution in [3.8, 4) is 5.75 Å². The smallest absolute Gasteiger partial charge is 0.276 e. The van der Waals surface area contributed by atoms with E-state index >= 15 is 0 Å². The molecule has 2 N–H and O–H groups in total. The van der Waals surface area contributed by atoms with Crippen LogP contribution in [0.5, 0.6) is 5.75 Å². The number of para-hydroxylation sites is 1. The number of halogens is 3. The first-order valence-corrected chi connectivity index (χ1v) is 13.6. The molecule has 1 amide bonds. The fraction of sp³-hybridized carbons (Fsp3) is 0.296. The SMILES string of the molecule is COc1ccccc1SC[C@H]1C[C@@H](c2ccc(CO)cc2)O[C@@H](c2cccc(NC(=O)C(Cl)(Cl)Cl)c2)O1. The molecule has 0 saturated carbocycles. The summed E-state index contributed by atoms with van der Waals surface area (Å²) in [5.74, 6) is 0.729. The van der Waals surface area contributed by atoms with Crippen LogP contribution in [0.25, 0.3) is 0 Å². The van der Waals surface area contributed by atoms with E-state index in [2.05, 4.69) is 5.32 Å². The second-order valence-electron chi connectivity index (χ2n) is 8.39. The molecule has 0 radical (unpaired) electrons. The fourth-order valence-electron chi connectivity index (χ4n) is 3.91. The number of carbonyl (C=O) groups excluding carboxylic acids is 1. The highest BCUT2D eigenvalue weighted by atomic mass is 35.6. The van der Waals surface area contributed by atoms with Gasteiger partial charge in [-0.05, 0) is 35.4 Å². The largest absolute Gasteiger partial charge is 0.496 e. The number of aliphatic hydroxyl groups is 1. The molecule has 4 rings (SSSR count). The first-order valence-electron chi connectivity index (χ1n) is 11.5. The van der Waals surface area contributed by atoms with Gasteiger partial charge in [-0.1, -0.05) is 83.3 Å². The maximum absolute atomic E-state index is 12.1. The van der Waals surface area contributed by atoms with E-state index in [-0.39, 0.29) is 18.8 Å². The minimum atomic E-state index is -2.08. The lowest BCUT2D eigenvalue weighted by atomic mass is 10.0. The molecule has 0 aliphatic carbocycles. The number of hydrogen-bond donors (Lipinski definition) is 2. The van der Waals surface area contributed by atoms with E-state index in [1.165, 1.54) is 0 Å². The van der Waals surface area contributed by atoms with Gasteiger partial charge in [0.15, 0.2) is 6.29 Å². The summed E-state index contributed by atoms with van der Waals surface area (Å²) in [6, 6.07) is 22.6. The maximum atomic E-state index is 12.1. The average Bonchev–Trinajstić information content (AvgIpc) is 2.91. The molecule has 1 heterocycles. The molecule has 3 atom stereocenters.